The van der Waals surface area contributed by atoms with Crippen LogP contribution in [-0.2, 0) is 12.8 Å². The minimum absolute atomic E-state index is 0.0277. The molecule has 0 atom stereocenters. The number of likely N-dealkylation sites (N-methyl/N-ethyl adjacent to an activating group) is 1. The Morgan fingerprint density at radius 1 is 1.09 bits per heavy atom. The molecule has 3 heterocycles. The number of fused-ring (bicyclic) bond motifs is 3. The van der Waals surface area contributed by atoms with E-state index in [-0.39, 0.29) is 5.91 Å². The van der Waals surface area contributed by atoms with Crippen molar-refractivity contribution in [2.75, 3.05) is 39.8 Å². The van der Waals surface area contributed by atoms with Gasteiger partial charge in [0.1, 0.15) is 5.75 Å². The summed E-state index contributed by atoms with van der Waals surface area (Å²) in [7, 11) is 1.68. The monoisotopic (exact) mass is 432 g/mol. The van der Waals surface area contributed by atoms with Crippen molar-refractivity contribution in [3.63, 3.8) is 0 Å². The van der Waals surface area contributed by atoms with E-state index in [2.05, 4.69) is 34.0 Å². The Morgan fingerprint density at radius 3 is 2.62 bits per heavy atom. The lowest BCUT2D eigenvalue weighted by Gasteiger charge is -2.34. The number of rotatable bonds is 4. The second kappa shape index (κ2) is 8.35. The molecule has 1 amide bonds. The number of ether oxygens (including phenoxy) is 1. The first-order valence-corrected chi connectivity index (χ1v) is 11.2. The predicted octanol–water partition coefficient (Wildman–Crippen LogP) is 2.52. The molecular weight excluding hydrogens is 404 g/mol. The van der Waals surface area contributed by atoms with E-state index in [4.69, 9.17) is 9.72 Å². The molecule has 1 aliphatic heterocycles. The van der Waals surface area contributed by atoms with Gasteiger partial charge in [-0.2, -0.15) is 5.10 Å². The van der Waals surface area contributed by atoms with E-state index < -0.39 is 0 Å². The molecule has 0 bridgehead atoms. The Bertz CT molecular complexity index is 1160. The molecule has 0 radical (unpaired) electrons. The second-order valence-electron chi connectivity index (χ2n) is 8.35. The van der Waals surface area contributed by atoms with Crippen LogP contribution in [0, 0.1) is 6.92 Å². The Balaban J connectivity index is 1.44. The number of piperazine rings is 1. The average molecular weight is 433 g/mol. The predicted molar refractivity (Wildman–Crippen MR) is 121 cm³/mol. The van der Waals surface area contributed by atoms with Crippen LogP contribution in [0.4, 0.5) is 0 Å². The number of carbonyl (C=O) groups excluding carboxylic acids is 1. The van der Waals surface area contributed by atoms with Crippen molar-refractivity contribution in [2.45, 2.75) is 26.7 Å². The molecule has 1 aliphatic carbocycles. The molecular formula is C24H28N6O2. The van der Waals surface area contributed by atoms with Crippen LogP contribution in [-0.4, -0.2) is 75.3 Å². The van der Waals surface area contributed by atoms with Crippen LogP contribution in [0.15, 0.2) is 30.6 Å². The smallest absolute Gasteiger partial charge is 0.257 e. The lowest BCUT2D eigenvalue weighted by molar-refractivity contribution is 0.0642. The van der Waals surface area contributed by atoms with Gasteiger partial charge in [0.15, 0.2) is 0 Å². The van der Waals surface area contributed by atoms with Gasteiger partial charge in [-0.1, -0.05) is 6.92 Å². The summed E-state index contributed by atoms with van der Waals surface area (Å²) in [6, 6.07) is 6.10. The summed E-state index contributed by atoms with van der Waals surface area (Å²) in [4.78, 5) is 26.8. The van der Waals surface area contributed by atoms with Gasteiger partial charge in [0.05, 0.1) is 30.3 Å². The van der Waals surface area contributed by atoms with Crippen LogP contribution in [0.2, 0.25) is 0 Å². The van der Waals surface area contributed by atoms with Crippen molar-refractivity contribution in [3.8, 4) is 23.0 Å². The fraction of sp³-hybridized carbons (Fsp3) is 0.417. The van der Waals surface area contributed by atoms with E-state index in [1.165, 1.54) is 5.56 Å². The number of carbonyl (C=O) groups is 1. The van der Waals surface area contributed by atoms with E-state index in [0.717, 1.165) is 73.8 Å². The molecule has 8 nitrogen and oxygen atoms in total. The number of amides is 1. The van der Waals surface area contributed by atoms with Gasteiger partial charge < -0.3 is 14.5 Å². The minimum Gasteiger partial charge on any atom is -0.497 e. The molecule has 32 heavy (non-hydrogen) atoms. The van der Waals surface area contributed by atoms with Gasteiger partial charge in [-0.25, -0.2) is 14.6 Å². The minimum atomic E-state index is 0.0277. The first-order valence-electron chi connectivity index (χ1n) is 11.2. The lowest BCUT2D eigenvalue weighted by Crippen LogP contribution is -2.48. The van der Waals surface area contributed by atoms with Gasteiger partial charge in [-0.15, -0.1) is 0 Å². The normalized spacial score (nSPS) is 15.9. The highest BCUT2D eigenvalue weighted by Crippen LogP contribution is 2.34. The van der Waals surface area contributed by atoms with Crippen LogP contribution >= 0.6 is 0 Å². The number of nitrogens with zero attached hydrogens (tertiary/aromatic N) is 6. The summed E-state index contributed by atoms with van der Waals surface area (Å²) in [5.41, 5.74) is 5.75. The van der Waals surface area contributed by atoms with Crippen LogP contribution in [0.5, 0.6) is 5.75 Å². The highest BCUT2D eigenvalue weighted by molar-refractivity contribution is 5.95. The number of aryl methyl sites for hydroxylation is 2. The molecule has 3 aromatic rings. The van der Waals surface area contributed by atoms with E-state index in [0.29, 0.717) is 11.5 Å². The molecule has 0 N–H and O–H groups in total. The third-order valence-corrected chi connectivity index (χ3v) is 6.62. The zero-order valence-corrected chi connectivity index (χ0v) is 18.8. The summed E-state index contributed by atoms with van der Waals surface area (Å²) in [5, 5.41) is 4.48. The van der Waals surface area contributed by atoms with Crippen LogP contribution in [0.1, 0.15) is 34.1 Å². The summed E-state index contributed by atoms with van der Waals surface area (Å²) in [5.74, 6) is 1.37. The maximum absolute atomic E-state index is 13.1. The quantitative estimate of drug-likeness (QED) is 0.631. The SMILES string of the molecule is CCN1CCN(C(=O)c2cnn(-c3ncc4c(n3)-c3ccc(OC)cc3CC4)c2C)CC1. The summed E-state index contributed by atoms with van der Waals surface area (Å²) >= 11 is 0. The van der Waals surface area contributed by atoms with Gasteiger partial charge >= 0.3 is 0 Å². The fourth-order valence-corrected chi connectivity index (χ4v) is 4.58. The first kappa shape index (κ1) is 20.6. The van der Waals surface area contributed by atoms with Crippen molar-refractivity contribution in [3.05, 3.63) is 53.0 Å². The average Bonchev–Trinajstić information content (AvgIpc) is 3.23. The largest absolute Gasteiger partial charge is 0.497 e. The Kier molecular flexibility index (Phi) is 5.38. The Labute approximate surface area is 187 Å². The third kappa shape index (κ3) is 3.54. The van der Waals surface area contributed by atoms with E-state index in [9.17, 15) is 4.79 Å². The second-order valence-corrected chi connectivity index (χ2v) is 8.35. The van der Waals surface area contributed by atoms with E-state index >= 15 is 0 Å². The number of hydrogen-bond donors (Lipinski definition) is 0. The topological polar surface area (TPSA) is 76.4 Å². The van der Waals surface area contributed by atoms with Crippen LogP contribution in [0.25, 0.3) is 17.2 Å². The van der Waals surface area contributed by atoms with Crippen LogP contribution < -0.4 is 4.74 Å². The zero-order chi connectivity index (χ0) is 22.2. The molecule has 1 saturated heterocycles. The molecule has 1 fully saturated rings. The van der Waals surface area contributed by atoms with Gasteiger partial charge in [-0.05, 0) is 55.6 Å². The molecule has 1 aromatic carbocycles. The van der Waals surface area contributed by atoms with Crippen molar-refractivity contribution in [2.24, 2.45) is 0 Å². The van der Waals surface area contributed by atoms with Crippen molar-refractivity contribution in [1.82, 2.24) is 29.5 Å². The molecule has 0 spiro atoms. The molecule has 2 aromatic heterocycles. The van der Waals surface area contributed by atoms with E-state index in [1.807, 2.05) is 24.1 Å². The summed E-state index contributed by atoms with van der Waals surface area (Å²) < 4.78 is 7.05. The Hall–Kier alpha value is -3.26. The van der Waals surface area contributed by atoms with Crippen molar-refractivity contribution >= 4 is 5.91 Å². The molecule has 5 rings (SSSR count). The molecule has 0 saturated carbocycles. The van der Waals surface area contributed by atoms with Gasteiger partial charge in [0, 0.05) is 37.9 Å². The summed E-state index contributed by atoms with van der Waals surface area (Å²) in [6.07, 6.45) is 5.36. The van der Waals surface area contributed by atoms with Gasteiger partial charge in [-0.3, -0.25) is 4.79 Å². The van der Waals surface area contributed by atoms with Crippen molar-refractivity contribution in [1.29, 1.82) is 0 Å². The maximum Gasteiger partial charge on any atom is 0.257 e. The molecule has 166 valence electrons. The standard InChI is InChI=1S/C24H28N6O2/c1-4-28-9-11-29(12-10-28)23(31)21-15-26-30(16(21)2)24-25-14-18-6-5-17-13-19(32-3)7-8-20(17)22(18)27-24/h7-8,13-15H,4-6,9-12H2,1-3H3. The van der Waals surface area contributed by atoms with Crippen molar-refractivity contribution < 1.29 is 9.53 Å². The highest BCUT2D eigenvalue weighted by atomic mass is 16.5. The number of hydrogen-bond acceptors (Lipinski definition) is 6. The molecule has 0 unspecified atom stereocenters. The van der Waals surface area contributed by atoms with Gasteiger partial charge in [0.2, 0.25) is 0 Å². The van der Waals surface area contributed by atoms with Crippen LogP contribution in [0.3, 0.4) is 0 Å². The number of aromatic nitrogens is 4. The molecule has 2 aliphatic rings. The third-order valence-electron chi connectivity index (χ3n) is 6.62. The molecule has 8 heteroatoms. The highest BCUT2D eigenvalue weighted by Gasteiger charge is 2.26. The number of benzene rings is 1. The lowest BCUT2D eigenvalue weighted by atomic mass is 9.90. The zero-order valence-electron chi connectivity index (χ0n) is 18.8. The Morgan fingerprint density at radius 2 is 1.88 bits per heavy atom. The maximum atomic E-state index is 13.1. The van der Waals surface area contributed by atoms with E-state index in [1.54, 1.807) is 18.0 Å². The number of methoxy groups -OCH3 is 1. The fourth-order valence-electron chi connectivity index (χ4n) is 4.58. The van der Waals surface area contributed by atoms with Gasteiger partial charge in [0.25, 0.3) is 11.9 Å². The summed E-state index contributed by atoms with van der Waals surface area (Å²) in [6.45, 7) is 8.38. The first-order chi connectivity index (χ1) is 15.6.